The second-order valence-electron chi connectivity index (χ2n) is 7.17. The van der Waals surface area contributed by atoms with Crippen LogP contribution >= 0.6 is 11.6 Å². The van der Waals surface area contributed by atoms with Gasteiger partial charge in [0.25, 0.3) is 5.91 Å². The normalized spacial score (nSPS) is 12.2. The van der Waals surface area contributed by atoms with Gasteiger partial charge in [-0.3, -0.25) is 14.9 Å². The number of halogens is 1. The lowest BCUT2D eigenvalue weighted by molar-refractivity contribution is -0.138. The van der Waals surface area contributed by atoms with Crippen molar-refractivity contribution < 1.29 is 14.7 Å². The van der Waals surface area contributed by atoms with Gasteiger partial charge >= 0.3 is 5.97 Å². The molecule has 0 spiro atoms. The summed E-state index contributed by atoms with van der Waals surface area (Å²) in [7, 11) is 0. The van der Waals surface area contributed by atoms with Crippen molar-refractivity contribution in [3.05, 3.63) is 94.5 Å². The van der Waals surface area contributed by atoms with Gasteiger partial charge < -0.3 is 16.6 Å². The summed E-state index contributed by atoms with van der Waals surface area (Å²) in [6.07, 6.45) is 0.174. The number of guanidine groups is 1. The molecule has 8 heteroatoms. The van der Waals surface area contributed by atoms with E-state index in [-0.39, 0.29) is 18.9 Å². The zero-order valence-electron chi connectivity index (χ0n) is 17.2. The van der Waals surface area contributed by atoms with E-state index in [2.05, 4.69) is 10.3 Å². The zero-order valence-corrected chi connectivity index (χ0v) is 17.9. The number of carbonyl (C=O) groups is 2. The van der Waals surface area contributed by atoms with Gasteiger partial charge in [-0.15, -0.1) is 0 Å². The predicted octanol–water partition coefficient (Wildman–Crippen LogP) is 3.21. The van der Waals surface area contributed by atoms with Gasteiger partial charge in [-0.25, -0.2) is 4.99 Å². The van der Waals surface area contributed by atoms with Crippen LogP contribution in [0.2, 0.25) is 5.02 Å². The Morgan fingerprint density at radius 2 is 1.66 bits per heavy atom. The van der Waals surface area contributed by atoms with Gasteiger partial charge in [0.05, 0.1) is 6.54 Å². The van der Waals surface area contributed by atoms with Gasteiger partial charge in [-0.05, 0) is 52.9 Å². The number of benzene rings is 3. The van der Waals surface area contributed by atoms with Crippen molar-refractivity contribution in [3.8, 4) is 11.1 Å². The van der Waals surface area contributed by atoms with Crippen molar-refractivity contribution in [3.63, 3.8) is 0 Å². The zero-order chi connectivity index (χ0) is 23.1. The Balaban J connectivity index is 1.65. The quantitative estimate of drug-likeness (QED) is 0.324. The minimum absolute atomic E-state index is 0.00196. The summed E-state index contributed by atoms with van der Waals surface area (Å²) in [4.78, 5) is 27.6. The summed E-state index contributed by atoms with van der Waals surface area (Å²) in [6.45, 7) is 0.289. The molecule has 0 bridgehead atoms. The van der Waals surface area contributed by atoms with Crippen LogP contribution in [0.5, 0.6) is 0 Å². The number of nitrogens with one attached hydrogen (secondary N) is 1. The molecule has 7 nitrogen and oxygen atoms in total. The highest BCUT2D eigenvalue weighted by molar-refractivity contribution is 6.30. The Morgan fingerprint density at radius 1 is 1.00 bits per heavy atom. The molecular formula is C24H23ClN4O3. The Kier molecular flexibility index (Phi) is 7.59. The van der Waals surface area contributed by atoms with E-state index < -0.39 is 17.9 Å². The molecule has 6 N–H and O–H groups in total. The van der Waals surface area contributed by atoms with E-state index in [1.807, 2.05) is 48.5 Å². The number of rotatable bonds is 7. The van der Waals surface area contributed by atoms with Crippen molar-refractivity contribution in [2.24, 2.45) is 16.5 Å². The van der Waals surface area contributed by atoms with E-state index in [1.165, 1.54) is 0 Å². The number of carboxylic acid groups (broad SMARTS) is 1. The highest BCUT2D eigenvalue weighted by Crippen LogP contribution is 2.25. The lowest BCUT2D eigenvalue weighted by atomic mass is 10.00. The standard InChI is InChI=1S/C24H23ClN4O3/c25-19-11-9-16(10-12-19)20-4-2-1-3-18(20)14-28-24(27)29-22(30)17-7-5-15(6-8-17)13-21(26)23(31)32/h1-12,21H,13-14,26H2,(H,31,32)(H3,27,28,29,30)/t21-/m0/s1. The summed E-state index contributed by atoms with van der Waals surface area (Å²) in [5.41, 5.74) is 15.5. The molecule has 0 aliphatic carbocycles. The molecule has 3 aromatic rings. The van der Waals surface area contributed by atoms with E-state index in [9.17, 15) is 9.59 Å². The minimum Gasteiger partial charge on any atom is -0.480 e. The SMILES string of the molecule is NC(=NCc1ccccc1-c1ccc(Cl)cc1)NC(=O)c1ccc(C[C@H](N)C(=O)O)cc1. The highest BCUT2D eigenvalue weighted by atomic mass is 35.5. The third kappa shape index (κ3) is 6.16. The summed E-state index contributed by atoms with van der Waals surface area (Å²) in [5, 5.41) is 12.1. The van der Waals surface area contributed by atoms with Gasteiger partial charge in [-0.1, -0.05) is 60.1 Å². The Bertz CT molecular complexity index is 1130. The second-order valence-corrected chi connectivity index (χ2v) is 7.60. The molecule has 32 heavy (non-hydrogen) atoms. The molecule has 3 aromatic carbocycles. The fraction of sp³-hybridized carbons (Fsp3) is 0.125. The van der Waals surface area contributed by atoms with Crippen molar-refractivity contribution in [2.45, 2.75) is 19.0 Å². The maximum absolute atomic E-state index is 12.4. The maximum atomic E-state index is 12.4. The number of aliphatic imine (C=N–C) groups is 1. The molecule has 0 unspecified atom stereocenters. The van der Waals surface area contributed by atoms with Crippen LogP contribution in [0, 0.1) is 0 Å². The number of hydrogen-bond donors (Lipinski definition) is 4. The molecule has 3 rings (SSSR count). The molecule has 0 aliphatic heterocycles. The molecule has 164 valence electrons. The average Bonchev–Trinajstić information content (AvgIpc) is 2.79. The summed E-state index contributed by atoms with van der Waals surface area (Å²) in [5.74, 6) is -1.49. The van der Waals surface area contributed by atoms with E-state index in [1.54, 1.807) is 24.3 Å². The smallest absolute Gasteiger partial charge is 0.320 e. The van der Waals surface area contributed by atoms with Crippen LogP contribution in [0.1, 0.15) is 21.5 Å². The van der Waals surface area contributed by atoms with Crippen molar-refractivity contribution in [1.82, 2.24) is 5.32 Å². The lowest BCUT2D eigenvalue weighted by Crippen LogP contribution is -2.36. The maximum Gasteiger partial charge on any atom is 0.320 e. The first-order chi connectivity index (χ1) is 15.3. The number of aliphatic carboxylic acids is 1. The van der Waals surface area contributed by atoms with Gasteiger partial charge in [-0.2, -0.15) is 0 Å². The van der Waals surface area contributed by atoms with Gasteiger partial charge in [0.15, 0.2) is 5.96 Å². The highest BCUT2D eigenvalue weighted by Gasteiger charge is 2.13. The first-order valence-electron chi connectivity index (χ1n) is 9.86. The monoisotopic (exact) mass is 450 g/mol. The molecule has 0 fully saturated rings. The molecule has 0 saturated carbocycles. The van der Waals surface area contributed by atoms with Crippen LogP contribution < -0.4 is 16.8 Å². The van der Waals surface area contributed by atoms with Crippen LogP contribution in [0.15, 0.2) is 77.8 Å². The molecule has 0 heterocycles. The molecule has 0 aliphatic rings. The Hall–Kier alpha value is -3.68. The second kappa shape index (κ2) is 10.6. The van der Waals surface area contributed by atoms with E-state index in [0.717, 1.165) is 22.3 Å². The van der Waals surface area contributed by atoms with Crippen LogP contribution in [-0.4, -0.2) is 29.0 Å². The Labute approximate surface area is 190 Å². The average molecular weight is 451 g/mol. The largest absolute Gasteiger partial charge is 0.480 e. The number of amides is 1. The third-order valence-corrected chi connectivity index (χ3v) is 5.07. The number of nitrogens with zero attached hydrogens (tertiary/aromatic N) is 1. The summed E-state index contributed by atoms with van der Waals surface area (Å²) >= 11 is 5.98. The van der Waals surface area contributed by atoms with Crippen LogP contribution in [0.3, 0.4) is 0 Å². The number of hydrogen-bond acceptors (Lipinski definition) is 4. The van der Waals surface area contributed by atoms with E-state index >= 15 is 0 Å². The lowest BCUT2D eigenvalue weighted by Gasteiger charge is -2.10. The molecule has 1 atom stereocenters. The fourth-order valence-corrected chi connectivity index (χ4v) is 3.23. The molecular weight excluding hydrogens is 428 g/mol. The summed E-state index contributed by atoms with van der Waals surface area (Å²) < 4.78 is 0. The van der Waals surface area contributed by atoms with E-state index in [4.69, 9.17) is 28.2 Å². The molecule has 0 saturated heterocycles. The number of nitrogens with two attached hydrogens (primary N) is 2. The van der Waals surface area contributed by atoms with Crippen molar-refractivity contribution in [1.29, 1.82) is 0 Å². The first-order valence-corrected chi connectivity index (χ1v) is 10.2. The van der Waals surface area contributed by atoms with Crippen molar-refractivity contribution in [2.75, 3.05) is 0 Å². The fourth-order valence-electron chi connectivity index (χ4n) is 3.10. The molecule has 0 aromatic heterocycles. The van der Waals surface area contributed by atoms with Gasteiger partial charge in [0.1, 0.15) is 6.04 Å². The first kappa shape index (κ1) is 23.0. The van der Waals surface area contributed by atoms with Gasteiger partial charge in [0.2, 0.25) is 0 Å². The summed E-state index contributed by atoms with van der Waals surface area (Å²) in [6, 6.07) is 20.8. The van der Waals surface area contributed by atoms with E-state index in [0.29, 0.717) is 10.6 Å². The van der Waals surface area contributed by atoms with Crippen LogP contribution in [0.25, 0.3) is 11.1 Å². The predicted molar refractivity (Wildman–Crippen MR) is 125 cm³/mol. The Morgan fingerprint density at radius 3 is 2.31 bits per heavy atom. The topological polar surface area (TPSA) is 131 Å². The number of carbonyl (C=O) groups excluding carboxylic acids is 1. The van der Waals surface area contributed by atoms with Crippen LogP contribution in [-0.2, 0) is 17.8 Å². The molecule has 0 radical (unpaired) electrons. The van der Waals surface area contributed by atoms with Gasteiger partial charge in [0, 0.05) is 10.6 Å². The molecule has 1 amide bonds. The minimum atomic E-state index is -1.08. The van der Waals surface area contributed by atoms with Crippen molar-refractivity contribution >= 4 is 29.4 Å². The third-order valence-electron chi connectivity index (χ3n) is 4.82. The van der Waals surface area contributed by atoms with Crippen LogP contribution in [0.4, 0.5) is 0 Å². The number of carboxylic acids is 1.